The van der Waals surface area contributed by atoms with E-state index in [0.29, 0.717) is 11.8 Å². The van der Waals surface area contributed by atoms with Crippen LogP contribution in [0.2, 0.25) is 0 Å². The molecule has 17 heavy (non-hydrogen) atoms. The largest absolute Gasteiger partial charge is 0.366 e. The molecular weight excluding hydrogens is 208 g/mol. The van der Waals surface area contributed by atoms with E-state index in [1.54, 1.807) is 0 Å². The van der Waals surface area contributed by atoms with Crippen molar-refractivity contribution in [3.05, 3.63) is 47.3 Å². The second-order valence-corrected chi connectivity index (χ2v) is 5.26. The van der Waals surface area contributed by atoms with Gasteiger partial charge in [-0.2, -0.15) is 0 Å². The smallest absolute Gasteiger partial charge is 0.123 e. The predicted molar refractivity (Wildman–Crippen MR) is 72.8 cm³/mol. The standard InChI is InChI=1S/C15H22N2/c1-10(2)12-6-5-7-13(11(3)4)14(12)15-16-8-9-17-15/h5-11,15-17H,1-4H3. The van der Waals surface area contributed by atoms with Gasteiger partial charge in [-0.15, -0.1) is 0 Å². The summed E-state index contributed by atoms with van der Waals surface area (Å²) in [5.41, 5.74) is 4.29. The molecule has 2 rings (SSSR count). The highest BCUT2D eigenvalue weighted by Gasteiger charge is 2.21. The Hall–Kier alpha value is -1.44. The SMILES string of the molecule is CC(C)c1cccc(C(C)C)c1C1NC=CN1. The van der Waals surface area contributed by atoms with Gasteiger partial charge in [0.15, 0.2) is 0 Å². The van der Waals surface area contributed by atoms with Gasteiger partial charge in [0.25, 0.3) is 0 Å². The minimum atomic E-state index is 0.228. The van der Waals surface area contributed by atoms with Crippen LogP contribution in [0.4, 0.5) is 0 Å². The van der Waals surface area contributed by atoms with Gasteiger partial charge in [0.1, 0.15) is 6.17 Å². The van der Waals surface area contributed by atoms with Crippen LogP contribution in [0.1, 0.15) is 62.4 Å². The molecule has 0 bridgehead atoms. The molecule has 0 saturated heterocycles. The van der Waals surface area contributed by atoms with E-state index in [-0.39, 0.29) is 6.17 Å². The maximum Gasteiger partial charge on any atom is 0.123 e. The highest BCUT2D eigenvalue weighted by molar-refractivity contribution is 5.41. The van der Waals surface area contributed by atoms with Crippen LogP contribution in [0, 0.1) is 0 Å². The lowest BCUT2D eigenvalue weighted by atomic mass is 9.87. The number of benzene rings is 1. The fourth-order valence-electron chi connectivity index (χ4n) is 2.45. The van der Waals surface area contributed by atoms with E-state index >= 15 is 0 Å². The van der Waals surface area contributed by atoms with Crippen molar-refractivity contribution in [2.75, 3.05) is 0 Å². The Labute approximate surface area is 104 Å². The Morgan fingerprint density at radius 1 is 0.882 bits per heavy atom. The summed E-state index contributed by atoms with van der Waals surface area (Å²) in [5, 5.41) is 6.74. The van der Waals surface area contributed by atoms with Crippen molar-refractivity contribution in [3.8, 4) is 0 Å². The van der Waals surface area contributed by atoms with E-state index in [1.165, 1.54) is 16.7 Å². The van der Waals surface area contributed by atoms with Crippen LogP contribution in [0.15, 0.2) is 30.6 Å². The third kappa shape index (κ3) is 2.31. The number of nitrogens with one attached hydrogen (secondary N) is 2. The van der Waals surface area contributed by atoms with Crippen LogP contribution in [-0.4, -0.2) is 0 Å². The molecule has 2 heteroatoms. The first-order valence-corrected chi connectivity index (χ1v) is 6.41. The Kier molecular flexibility index (Phi) is 3.41. The zero-order valence-corrected chi connectivity index (χ0v) is 11.1. The summed E-state index contributed by atoms with van der Waals surface area (Å²) in [6.45, 7) is 9.02. The average molecular weight is 230 g/mol. The van der Waals surface area contributed by atoms with Gasteiger partial charge >= 0.3 is 0 Å². The molecule has 0 unspecified atom stereocenters. The summed E-state index contributed by atoms with van der Waals surface area (Å²) < 4.78 is 0. The Balaban J connectivity index is 2.49. The van der Waals surface area contributed by atoms with Gasteiger partial charge in [-0.05, 0) is 23.0 Å². The van der Waals surface area contributed by atoms with Crippen molar-refractivity contribution in [1.82, 2.24) is 10.6 Å². The molecule has 2 nitrogen and oxygen atoms in total. The van der Waals surface area contributed by atoms with Crippen molar-refractivity contribution >= 4 is 0 Å². The summed E-state index contributed by atoms with van der Waals surface area (Å²) in [6, 6.07) is 6.66. The summed E-state index contributed by atoms with van der Waals surface area (Å²) in [4.78, 5) is 0. The van der Waals surface area contributed by atoms with Crippen LogP contribution in [-0.2, 0) is 0 Å². The van der Waals surface area contributed by atoms with Crippen LogP contribution in [0.3, 0.4) is 0 Å². The van der Waals surface area contributed by atoms with Crippen LogP contribution in [0.25, 0.3) is 0 Å². The second kappa shape index (κ2) is 4.82. The summed E-state index contributed by atoms with van der Waals surface area (Å²) >= 11 is 0. The van der Waals surface area contributed by atoms with E-state index in [4.69, 9.17) is 0 Å². The lowest BCUT2D eigenvalue weighted by Crippen LogP contribution is -2.24. The minimum absolute atomic E-state index is 0.228. The molecular formula is C15H22N2. The molecule has 1 aromatic rings. The first-order valence-electron chi connectivity index (χ1n) is 6.41. The first kappa shape index (κ1) is 12.0. The molecule has 1 heterocycles. The van der Waals surface area contributed by atoms with E-state index in [9.17, 15) is 0 Å². The maximum atomic E-state index is 3.37. The minimum Gasteiger partial charge on any atom is -0.366 e. The predicted octanol–water partition coefficient (Wildman–Crippen LogP) is 3.60. The molecule has 0 amide bonds. The number of rotatable bonds is 3. The van der Waals surface area contributed by atoms with Crippen molar-refractivity contribution in [1.29, 1.82) is 0 Å². The molecule has 0 radical (unpaired) electrons. The molecule has 1 aliphatic rings. The molecule has 0 spiro atoms. The van der Waals surface area contributed by atoms with Crippen LogP contribution >= 0.6 is 0 Å². The first-order chi connectivity index (χ1) is 8.11. The highest BCUT2D eigenvalue weighted by Crippen LogP contribution is 2.32. The van der Waals surface area contributed by atoms with Crippen molar-refractivity contribution < 1.29 is 0 Å². The van der Waals surface area contributed by atoms with Gasteiger partial charge < -0.3 is 10.6 Å². The van der Waals surface area contributed by atoms with Crippen LogP contribution < -0.4 is 10.6 Å². The maximum absolute atomic E-state index is 3.37. The number of hydrogen-bond acceptors (Lipinski definition) is 2. The molecule has 1 aromatic carbocycles. The molecule has 0 atom stereocenters. The molecule has 0 aliphatic carbocycles. The van der Waals surface area contributed by atoms with Gasteiger partial charge in [0.05, 0.1) is 0 Å². The molecule has 0 fully saturated rings. The molecule has 92 valence electrons. The number of hydrogen-bond donors (Lipinski definition) is 2. The van der Waals surface area contributed by atoms with Crippen molar-refractivity contribution in [3.63, 3.8) is 0 Å². The molecule has 0 aromatic heterocycles. The summed E-state index contributed by atoms with van der Waals surface area (Å²) in [6.07, 6.45) is 4.18. The molecule has 1 aliphatic heterocycles. The van der Waals surface area contributed by atoms with Gasteiger partial charge in [-0.25, -0.2) is 0 Å². The quantitative estimate of drug-likeness (QED) is 0.829. The van der Waals surface area contributed by atoms with E-state index in [2.05, 4.69) is 56.5 Å². The zero-order valence-electron chi connectivity index (χ0n) is 11.1. The van der Waals surface area contributed by atoms with Gasteiger partial charge in [0.2, 0.25) is 0 Å². The van der Waals surface area contributed by atoms with E-state index in [1.807, 2.05) is 12.4 Å². The monoisotopic (exact) mass is 230 g/mol. The normalized spacial score (nSPS) is 15.4. The summed E-state index contributed by atoms with van der Waals surface area (Å²) in [7, 11) is 0. The van der Waals surface area contributed by atoms with Crippen molar-refractivity contribution in [2.45, 2.75) is 45.7 Å². The zero-order chi connectivity index (χ0) is 12.4. The Morgan fingerprint density at radius 3 is 1.76 bits per heavy atom. The Morgan fingerprint density at radius 2 is 1.35 bits per heavy atom. The summed E-state index contributed by atoms with van der Waals surface area (Å²) in [5.74, 6) is 1.10. The molecule has 0 saturated carbocycles. The van der Waals surface area contributed by atoms with Gasteiger partial charge in [-0.1, -0.05) is 45.9 Å². The van der Waals surface area contributed by atoms with Crippen molar-refractivity contribution in [2.24, 2.45) is 0 Å². The highest BCUT2D eigenvalue weighted by atomic mass is 15.1. The fraction of sp³-hybridized carbons (Fsp3) is 0.467. The third-order valence-corrected chi connectivity index (χ3v) is 3.32. The average Bonchev–Trinajstić information content (AvgIpc) is 2.80. The fourth-order valence-corrected chi connectivity index (χ4v) is 2.45. The third-order valence-electron chi connectivity index (χ3n) is 3.32. The molecule has 2 N–H and O–H groups in total. The second-order valence-electron chi connectivity index (χ2n) is 5.26. The lowest BCUT2D eigenvalue weighted by molar-refractivity contribution is 0.584. The lowest BCUT2D eigenvalue weighted by Gasteiger charge is -2.24. The Bertz CT molecular complexity index is 385. The van der Waals surface area contributed by atoms with Crippen LogP contribution in [0.5, 0.6) is 0 Å². The van der Waals surface area contributed by atoms with E-state index in [0.717, 1.165) is 0 Å². The van der Waals surface area contributed by atoms with Gasteiger partial charge in [0, 0.05) is 18.0 Å². The van der Waals surface area contributed by atoms with E-state index < -0.39 is 0 Å². The topological polar surface area (TPSA) is 24.1 Å². The van der Waals surface area contributed by atoms with Gasteiger partial charge in [-0.3, -0.25) is 0 Å².